The van der Waals surface area contributed by atoms with Gasteiger partial charge in [-0.15, -0.1) is 0 Å². The van der Waals surface area contributed by atoms with E-state index in [0.29, 0.717) is 17.7 Å². The minimum atomic E-state index is -3.61. The molecule has 6 nitrogen and oxygen atoms in total. The standard InChI is InChI=1S/C13H19N3O3S2/c1-3-15-13(17)9(2)16-21(18,19)8-10-4-6-11(7-5-10)12(14)20/h4-7,9,16H,3,8H2,1-2H3,(H2,14,20)(H,15,17). The average Bonchev–Trinajstić information content (AvgIpc) is 2.38. The van der Waals surface area contributed by atoms with E-state index < -0.39 is 16.1 Å². The normalized spacial score (nSPS) is 12.7. The molecule has 1 atom stereocenters. The molecule has 1 aromatic carbocycles. The van der Waals surface area contributed by atoms with Gasteiger partial charge in [-0.2, -0.15) is 0 Å². The maximum Gasteiger partial charge on any atom is 0.237 e. The van der Waals surface area contributed by atoms with Gasteiger partial charge in [0, 0.05) is 12.1 Å². The van der Waals surface area contributed by atoms with E-state index in [1.54, 1.807) is 31.2 Å². The predicted molar refractivity (Wildman–Crippen MR) is 86.2 cm³/mol. The molecule has 0 saturated heterocycles. The molecule has 1 amide bonds. The predicted octanol–water partition coefficient (Wildman–Crippen LogP) is 0.265. The van der Waals surface area contributed by atoms with Crippen molar-refractivity contribution >= 4 is 33.1 Å². The molecule has 4 N–H and O–H groups in total. The molecule has 116 valence electrons. The zero-order valence-corrected chi connectivity index (χ0v) is 13.6. The van der Waals surface area contributed by atoms with Crippen molar-refractivity contribution in [3.63, 3.8) is 0 Å². The molecule has 1 aromatic rings. The number of sulfonamides is 1. The summed E-state index contributed by atoms with van der Waals surface area (Å²) in [5.74, 6) is -0.571. The molecule has 0 spiro atoms. The van der Waals surface area contributed by atoms with E-state index in [1.165, 1.54) is 6.92 Å². The van der Waals surface area contributed by atoms with Crippen LogP contribution in [0.25, 0.3) is 0 Å². The zero-order valence-electron chi connectivity index (χ0n) is 11.9. The second-order valence-electron chi connectivity index (χ2n) is 4.55. The van der Waals surface area contributed by atoms with Gasteiger partial charge in [0.05, 0.1) is 11.8 Å². The monoisotopic (exact) mass is 329 g/mol. The number of likely N-dealkylation sites (N-methyl/N-ethyl adjacent to an activating group) is 1. The van der Waals surface area contributed by atoms with Gasteiger partial charge in [0.1, 0.15) is 4.99 Å². The molecule has 0 aromatic heterocycles. The Hall–Kier alpha value is -1.51. The summed E-state index contributed by atoms with van der Waals surface area (Å²) in [7, 11) is -3.61. The van der Waals surface area contributed by atoms with Gasteiger partial charge in [-0.05, 0) is 19.4 Å². The quantitative estimate of drug-likeness (QED) is 0.623. The van der Waals surface area contributed by atoms with Crippen molar-refractivity contribution in [2.75, 3.05) is 6.54 Å². The highest BCUT2D eigenvalue weighted by Crippen LogP contribution is 2.08. The Morgan fingerprint density at radius 2 is 1.90 bits per heavy atom. The minimum Gasteiger partial charge on any atom is -0.389 e. The Morgan fingerprint density at radius 1 is 1.33 bits per heavy atom. The third-order valence-electron chi connectivity index (χ3n) is 2.70. The van der Waals surface area contributed by atoms with Crippen molar-refractivity contribution < 1.29 is 13.2 Å². The van der Waals surface area contributed by atoms with Crippen molar-refractivity contribution in [2.24, 2.45) is 5.73 Å². The van der Waals surface area contributed by atoms with E-state index in [2.05, 4.69) is 10.0 Å². The summed E-state index contributed by atoms with van der Waals surface area (Å²) in [5, 5.41) is 2.56. The van der Waals surface area contributed by atoms with Crippen molar-refractivity contribution in [2.45, 2.75) is 25.6 Å². The molecule has 1 unspecified atom stereocenters. The van der Waals surface area contributed by atoms with E-state index in [9.17, 15) is 13.2 Å². The highest BCUT2D eigenvalue weighted by molar-refractivity contribution is 7.88. The number of hydrogen-bond acceptors (Lipinski definition) is 4. The molecule has 8 heteroatoms. The molecule has 0 bridgehead atoms. The second-order valence-corrected chi connectivity index (χ2v) is 6.75. The summed E-state index contributed by atoms with van der Waals surface area (Å²) in [6.07, 6.45) is 0. The maximum atomic E-state index is 12.0. The van der Waals surface area contributed by atoms with E-state index in [-0.39, 0.29) is 16.6 Å². The summed E-state index contributed by atoms with van der Waals surface area (Å²) in [5.41, 5.74) is 6.74. The number of benzene rings is 1. The van der Waals surface area contributed by atoms with Gasteiger partial charge in [-0.25, -0.2) is 13.1 Å². The topological polar surface area (TPSA) is 101 Å². The third kappa shape index (κ3) is 5.78. The highest BCUT2D eigenvalue weighted by Gasteiger charge is 2.20. The molecule has 0 aliphatic rings. The summed E-state index contributed by atoms with van der Waals surface area (Å²) < 4.78 is 26.3. The molecule has 0 aliphatic carbocycles. The number of thiocarbonyl (C=S) groups is 1. The van der Waals surface area contributed by atoms with Crippen LogP contribution in [-0.4, -0.2) is 31.9 Å². The Bertz CT molecular complexity index is 612. The van der Waals surface area contributed by atoms with Gasteiger partial charge in [0.15, 0.2) is 0 Å². The lowest BCUT2D eigenvalue weighted by molar-refractivity contribution is -0.122. The number of hydrogen-bond donors (Lipinski definition) is 3. The number of nitrogens with two attached hydrogens (primary N) is 1. The Labute approximate surface area is 130 Å². The van der Waals surface area contributed by atoms with E-state index in [0.717, 1.165) is 0 Å². The summed E-state index contributed by atoms with van der Waals surface area (Å²) >= 11 is 4.83. The summed E-state index contributed by atoms with van der Waals surface area (Å²) in [6.45, 7) is 3.71. The second kappa shape index (κ2) is 7.48. The number of rotatable bonds is 7. The van der Waals surface area contributed by atoms with Crippen molar-refractivity contribution in [1.82, 2.24) is 10.0 Å². The minimum absolute atomic E-state index is 0.214. The zero-order chi connectivity index (χ0) is 16.0. The first kappa shape index (κ1) is 17.5. The van der Waals surface area contributed by atoms with Crippen LogP contribution in [0.5, 0.6) is 0 Å². The van der Waals surface area contributed by atoms with E-state index in [1.807, 2.05) is 0 Å². The number of carbonyl (C=O) groups excluding carboxylic acids is 1. The molecular weight excluding hydrogens is 310 g/mol. The SMILES string of the molecule is CCNC(=O)C(C)NS(=O)(=O)Cc1ccc(C(N)=S)cc1. The summed E-state index contributed by atoms with van der Waals surface area (Å²) in [6, 6.07) is 5.81. The molecular formula is C13H19N3O3S2. The Balaban J connectivity index is 2.72. The maximum absolute atomic E-state index is 12.0. The molecule has 0 saturated carbocycles. The van der Waals surface area contributed by atoms with Crippen LogP contribution in [0, 0.1) is 0 Å². The van der Waals surface area contributed by atoms with E-state index >= 15 is 0 Å². The van der Waals surface area contributed by atoms with Crippen LogP contribution in [0.3, 0.4) is 0 Å². The Morgan fingerprint density at radius 3 is 2.38 bits per heavy atom. The van der Waals surface area contributed by atoms with E-state index in [4.69, 9.17) is 18.0 Å². The van der Waals surface area contributed by atoms with Crippen LogP contribution in [0.15, 0.2) is 24.3 Å². The number of carbonyl (C=O) groups is 1. The first-order valence-corrected chi connectivity index (χ1v) is 8.47. The fourth-order valence-corrected chi connectivity index (χ4v) is 3.17. The van der Waals surface area contributed by atoms with Crippen LogP contribution in [0.4, 0.5) is 0 Å². The lowest BCUT2D eigenvalue weighted by Gasteiger charge is -2.13. The van der Waals surface area contributed by atoms with Crippen LogP contribution in [0.1, 0.15) is 25.0 Å². The van der Waals surface area contributed by atoms with Crippen LogP contribution in [0.2, 0.25) is 0 Å². The fraction of sp³-hybridized carbons (Fsp3) is 0.385. The number of nitrogens with one attached hydrogen (secondary N) is 2. The third-order valence-corrected chi connectivity index (χ3v) is 4.36. The average molecular weight is 329 g/mol. The largest absolute Gasteiger partial charge is 0.389 e. The molecule has 1 rings (SSSR count). The molecule has 0 aliphatic heterocycles. The Kier molecular flexibility index (Phi) is 6.25. The van der Waals surface area contributed by atoms with Crippen molar-refractivity contribution in [3.8, 4) is 0 Å². The number of amides is 1. The van der Waals surface area contributed by atoms with Gasteiger partial charge < -0.3 is 11.1 Å². The van der Waals surface area contributed by atoms with Gasteiger partial charge in [0.25, 0.3) is 0 Å². The van der Waals surface area contributed by atoms with Crippen LogP contribution < -0.4 is 15.8 Å². The first-order chi connectivity index (χ1) is 9.75. The lowest BCUT2D eigenvalue weighted by Crippen LogP contribution is -2.45. The van der Waals surface area contributed by atoms with Crippen molar-refractivity contribution in [1.29, 1.82) is 0 Å². The molecule has 0 heterocycles. The fourth-order valence-electron chi connectivity index (χ4n) is 1.68. The first-order valence-electron chi connectivity index (χ1n) is 6.41. The van der Waals surface area contributed by atoms with Gasteiger partial charge in [0.2, 0.25) is 15.9 Å². The van der Waals surface area contributed by atoms with Gasteiger partial charge >= 0.3 is 0 Å². The van der Waals surface area contributed by atoms with Crippen molar-refractivity contribution in [3.05, 3.63) is 35.4 Å². The van der Waals surface area contributed by atoms with Gasteiger partial charge in [-0.1, -0.05) is 36.5 Å². The smallest absolute Gasteiger partial charge is 0.237 e. The molecule has 0 fully saturated rings. The van der Waals surface area contributed by atoms with Crippen LogP contribution >= 0.6 is 12.2 Å². The summed E-state index contributed by atoms with van der Waals surface area (Å²) in [4.78, 5) is 11.8. The van der Waals surface area contributed by atoms with Crippen LogP contribution in [-0.2, 0) is 20.6 Å². The molecule has 0 radical (unpaired) electrons. The molecule has 21 heavy (non-hydrogen) atoms. The van der Waals surface area contributed by atoms with Gasteiger partial charge in [-0.3, -0.25) is 4.79 Å². The highest BCUT2D eigenvalue weighted by atomic mass is 32.2. The lowest BCUT2D eigenvalue weighted by atomic mass is 10.1.